The zero-order chi connectivity index (χ0) is 16.6. The van der Waals surface area contributed by atoms with Gasteiger partial charge >= 0.3 is 6.03 Å². The van der Waals surface area contributed by atoms with Gasteiger partial charge in [0.25, 0.3) is 5.91 Å². The molecule has 4 nitrogen and oxygen atoms in total. The summed E-state index contributed by atoms with van der Waals surface area (Å²) in [5.41, 5.74) is 1.78. The average Bonchev–Trinajstić information content (AvgIpc) is 2.72. The van der Waals surface area contributed by atoms with Crippen LogP contribution in [0, 0.1) is 6.92 Å². The summed E-state index contributed by atoms with van der Waals surface area (Å²) in [5, 5.41) is 2.83. The summed E-state index contributed by atoms with van der Waals surface area (Å²) in [6.07, 6.45) is 0. The third-order valence-electron chi connectivity index (χ3n) is 4.13. The standard InChI is InChI=1S/C18H17BrN2O2/c1-12-6-8-14(9-7-12)18(2)16(22)21(17(23)20-18)11-13-4-3-5-15(19)10-13/h3-10H,11H2,1-2H3,(H,20,23)/t18-/m0/s1. The van der Waals surface area contributed by atoms with Crippen molar-refractivity contribution >= 4 is 27.9 Å². The molecule has 1 saturated heterocycles. The third-order valence-corrected chi connectivity index (χ3v) is 4.63. The molecular formula is C18H17BrN2O2. The summed E-state index contributed by atoms with van der Waals surface area (Å²) in [6, 6.07) is 14.9. The lowest BCUT2D eigenvalue weighted by Gasteiger charge is -2.22. The van der Waals surface area contributed by atoms with Gasteiger partial charge < -0.3 is 5.32 Å². The monoisotopic (exact) mass is 372 g/mol. The number of halogens is 1. The van der Waals surface area contributed by atoms with Crippen LogP contribution in [0.3, 0.4) is 0 Å². The average molecular weight is 373 g/mol. The third kappa shape index (κ3) is 2.88. The fourth-order valence-electron chi connectivity index (χ4n) is 2.74. The van der Waals surface area contributed by atoms with E-state index in [1.165, 1.54) is 4.90 Å². The topological polar surface area (TPSA) is 49.4 Å². The summed E-state index contributed by atoms with van der Waals surface area (Å²) in [4.78, 5) is 26.4. The lowest BCUT2D eigenvalue weighted by Crippen LogP contribution is -2.40. The molecule has 1 fully saturated rings. The number of nitrogens with one attached hydrogen (secondary N) is 1. The molecular weight excluding hydrogens is 356 g/mol. The van der Waals surface area contributed by atoms with Gasteiger partial charge in [0.1, 0.15) is 5.54 Å². The van der Waals surface area contributed by atoms with Crippen LogP contribution in [0.2, 0.25) is 0 Å². The first kappa shape index (κ1) is 15.7. The van der Waals surface area contributed by atoms with E-state index in [4.69, 9.17) is 0 Å². The van der Waals surface area contributed by atoms with Crippen LogP contribution >= 0.6 is 15.9 Å². The quantitative estimate of drug-likeness (QED) is 0.834. The molecule has 5 heteroatoms. The van der Waals surface area contributed by atoms with Crippen LogP contribution in [-0.4, -0.2) is 16.8 Å². The maximum absolute atomic E-state index is 12.8. The SMILES string of the molecule is Cc1ccc([C@]2(C)NC(=O)N(Cc3cccc(Br)c3)C2=O)cc1. The van der Waals surface area contributed by atoms with E-state index in [0.717, 1.165) is 21.2 Å². The number of rotatable bonds is 3. The Morgan fingerprint density at radius 1 is 1.13 bits per heavy atom. The summed E-state index contributed by atoms with van der Waals surface area (Å²) in [7, 11) is 0. The number of nitrogens with zero attached hydrogens (tertiary/aromatic N) is 1. The second-order valence-electron chi connectivity index (χ2n) is 5.94. The summed E-state index contributed by atoms with van der Waals surface area (Å²) in [6.45, 7) is 3.99. The minimum atomic E-state index is -1.02. The van der Waals surface area contributed by atoms with Crippen molar-refractivity contribution in [1.82, 2.24) is 10.2 Å². The van der Waals surface area contributed by atoms with Crippen molar-refractivity contribution in [1.29, 1.82) is 0 Å². The Hall–Kier alpha value is -2.14. The number of hydrogen-bond donors (Lipinski definition) is 1. The second kappa shape index (κ2) is 5.81. The molecule has 2 aromatic rings. The van der Waals surface area contributed by atoms with Gasteiger partial charge in [-0.3, -0.25) is 9.69 Å². The van der Waals surface area contributed by atoms with Crippen molar-refractivity contribution in [3.63, 3.8) is 0 Å². The minimum Gasteiger partial charge on any atom is -0.319 e. The van der Waals surface area contributed by atoms with Crippen molar-refractivity contribution in [3.8, 4) is 0 Å². The van der Waals surface area contributed by atoms with E-state index < -0.39 is 5.54 Å². The van der Waals surface area contributed by atoms with Crippen LogP contribution < -0.4 is 5.32 Å². The Labute approximate surface area is 143 Å². The van der Waals surface area contributed by atoms with Gasteiger partial charge in [-0.1, -0.05) is 57.9 Å². The van der Waals surface area contributed by atoms with Gasteiger partial charge in [-0.15, -0.1) is 0 Å². The van der Waals surface area contributed by atoms with Gasteiger partial charge in [0.15, 0.2) is 0 Å². The van der Waals surface area contributed by atoms with Crippen LogP contribution in [0.1, 0.15) is 23.6 Å². The maximum Gasteiger partial charge on any atom is 0.325 e. The Morgan fingerprint density at radius 2 is 1.83 bits per heavy atom. The molecule has 1 aliphatic heterocycles. The van der Waals surface area contributed by atoms with Gasteiger partial charge in [-0.2, -0.15) is 0 Å². The van der Waals surface area contributed by atoms with E-state index in [2.05, 4.69) is 21.2 Å². The predicted octanol–water partition coefficient (Wildman–Crippen LogP) is 3.72. The number of amides is 3. The van der Waals surface area contributed by atoms with E-state index in [9.17, 15) is 9.59 Å². The summed E-state index contributed by atoms with van der Waals surface area (Å²) in [5.74, 6) is -0.230. The minimum absolute atomic E-state index is 0.230. The number of aryl methyl sites for hydroxylation is 1. The number of hydrogen-bond acceptors (Lipinski definition) is 2. The molecule has 0 saturated carbocycles. The summed E-state index contributed by atoms with van der Waals surface area (Å²) < 4.78 is 0.920. The Bertz CT molecular complexity index is 773. The second-order valence-corrected chi connectivity index (χ2v) is 6.86. The smallest absolute Gasteiger partial charge is 0.319 e. The molecule has 2 aromatic carbocycles. The molecule has 0 bridgehead atoms. The molecule has 0 radical (unpaired) electrons. The largest absolute Gasteiger partial charge is 0.325 e. The lowest BCUT2D eigenvalue weighted by atomic mass is 9.91. The number of benzene rings is 2. The lowest BCUT2D eigenvalue weighted by molar-refractivity contribution is -0.131. The molecule has 1 heterocycles. The fraction of sp³-hybridized carbons (Fsp3) is 0.222. The van der Waals surface area contributed by atoms with Crippen molar-refractivity contribution in [2.24, 2.45) is 0 Å². The highest BCUT2D eigenvalue weighted by Crippen LogP contribution is 2.30. The first-order chi connectivity index (χ1) is 10.9. The summed E-state index contributed by atoms with van der Waals surface area (Å²) >= 11 is 3.40. The number of carbonyl (C=O) groups is 2. The molecule has 23 heavy (non-hydrogen) atoms. The van der Waals surface area contributed by atoms with Crippen molar-refractivity contribution < 1.29 is 9.59 Å². The molecule has 3 amide bonds. The van der Waals surface area contributed by atoms with Gasteiger partial charge in [0.2, 0.25) is 0 Å². The molecule has 3 rings (SSSR count). The number of carbonyl (C=O) groups excluding carboxylic acids is 2. The first-order valence-electron chi connectivity index (χ1n) is 7.36. The maximum atomic E-state index is 12.8. The van der Waals surface area contributed by atoms with Crippen LogP contribution in [0.25, 0.3) is 0 Å². The molecule has 1 atom stereocenters. The molecule has 0 spiro atoms. The normalized spacial score (nSPS) is 20.7. The fourth-order valence-corrected chi connectivity index (χ4v) is 3.19. The zero-order valence-corrected chi connectivity index (χ0v) is 14.6. The molecule has 118 valence electrons. The Kier molecular flexibility index (Phi) is 3.98. The first-order valence-corrected chi connectivity index (χ1v) is 8.15. The van der Waals surface area contributed by atoms with Crippen LogP contribution in [0.5, 0.6) is 0 Å². The van der Waals surface area contributed by atoms with Crippen LogP contribution in [0.4, 0.5) is 4.79 Å². The van der Waals surface area contributed by atoms with E-state index in [0.29, 0.717) is 0 Å². The zero-order valence-electron chi connectivity index (χ0n) is 13.0. The molecule has 0 aliphatic carbocycles. The predicted molar refractivity (Wildman–Crippen MR) is 91.8 cm³/mol. The van der Waals surface area contributed by atoms with Crippen molar-refractivity contribution in [2.45, 2.75) is 25.9 Å². The van der Waals surface area contributed by atoms with Gasteiger partial charge in [0.05, 0.1) is 6.54 Å². The molecule has 1 N–H and O–H groups in total. The van der Waals surface area contributed by atoms with Gasteiger partial charge in [0, 0.05) is 4.47 Å². The van der Waals surface area contributed by atoms with E-state index in [1.54, 1.807) is 6.92 Å². The highest BCUT2D eigenvalue weighted by molar-refractivity contribution is 9.10. The Balaban J connectivity index is 1.89. The number of urea groups is 1. The molecule has 0 aromatic heterocycles. The molecule has 0 unspecified atom stereocenters. The van der Waals surface area contributed by atoms with Crippen LogP contribution in [0.15, 0.2) is 53.0 Å². The highest BCUT2D eigenvalue weighted by Gasteiger charge is 2.48. The van der Waals surface area contributed by atoms with E-state index in [1.807, 2.05) is 55.5 Å². The van der Waals surface area contributed by atoms with Crippen molar-refractivity contribution in [2.75, 3.05) is 0 Å². The van der Waals surface area contributed by atoms with Crippen molar-refractivity contribution in [3.05, 3.63) is 69.7 Å². The van der Waals surface area contributed by atoms with Gasteiger partial charge in [-0.25, -0.2) is 4.79 Å². The number of imide groups is 1. The van der Waals surface area contributed by atoms with Crippen LogP contribution in [-0.2, 0) is 16.9 Å². The van der Waals surface area contributed by atoms with Gasteiger partial charge in [-0.05, 0) is 37.1 Å². The highest BCUT2D eigenvalue weighted by atomic mass is 79.9. The van der Waals surface area contributed by atoms with E-state index in [-0.39, 0.29) is 18.5 Å². The van der Waals surface area contributed by atoms with E-state index >= 15 is 0 Å². The molecule has 1 aliphatic rings. The Morgan fingerprint density at radius 3 is 2.48 bits per heavy atom.